The molecule has 30 heavy (non-hydrogen) atoms. The van der Waals surface area contributed by atoms with Gasteiger partial charge in [-0.3, -0.25) is 0 Å². The minimum absolute atomic E-state index is 0.332. The van der Waals surface area contributed by atoms with Gasteiger partial charge in [-0.05, 0) is 36.4 Å². The molecule has 1 aliphatic heterocycles. The normalized spacial score (nSPS) is 14.7. The number of hydrogen-bond donors (Lipinski definition) is 0. The Morgan fingerprint density at radius 3 is 2.17 bits per heavy atom. The zero-order valence-corrected chi connectivity index (χ0v) is 15.7. The maximum Gasteiger partial charge on any atom is 0.417 e. The third-order valence-corrected chi connectivity index (χ3v) is 4.62. The molecule has 0 atom stereocenters. The third kappa shape index (κ3) is 4.58. The second-order valence-corrected chi connectivity index (χ2v) is 6.63. The molecule has 1 aromatic carbocycles. The number of halogens is 4. The summed E-state index contributed by atoms with van der Waals surface area (Å²) in [6.07, 6.45) is -1.98. The molecule has 0 bridgehead atoms. The maximum absolute atomic E-state index is 13.0. The number of pyridine rings is 1. The molecule has 6 nitrogen and oxygen atoms in total. The molecule has 2 aromatic heterocycles. The van der Waals surface area contributed by atoms with Gasteiger partial charge in [0.2, 0.25) is 11.8 Å². The predicted octanol–water partition coefficient (Wildman–Crippen LogP) is 4.15. The first kappa shape index (κ1) is 19.9. The molecule has 0 amide bonds. The van der Waals surface area contributed by atoms with Crippen LogP contribution in [0.5, 0.6) is 11.6 Å². The average Bonchev–Trinajstić information content (AvgIpc) is 2.75. The first-order valence-electron chi connectivity index (χ1n) is 9.18. The SMILES string of the molecule is Fc1ccc(Oc2ccnc(N3CCN(c4ccc(C(F)(F)F)cn4)CC3)n2)cc1. The summed E-state index contributed by atoms with van der Waals surface area (Å²) < 4.78 is 56.7. The van der Waals surface area contributed by atoms with E-state index in [1.807, 2.05) is 9.80 Å². The van der Waals surface area contributed by atoms with Gasteiger partial charge in [-0.15, -0.1) is 0 Å². The average molecular weight is 419 g/mol. The number of anilines is 2. The summed E-state index contributed by atoms with van der Waals surface area (Å²) in [4.78, 5) is 16.5. The fourth-order valence-corrected chi connectivity index (χ4v) is 3.04. The van der Waals surface area contributed by atoms with Crippen LogP contribution in [0.4, 0.5) is 29.3 Å². The zero-order chi connectivity index (χ0) is 21.1. The Labute approximate surface area is 169 Å². The summed E-state index contributed by atoms with van der Waals surface area (Å²) >= 11 is 0. The van der Waals surface area contributed by atoms with Crippen molar-refractivity contribution in [2.45, 2.75) is 6.18 Å². The van der Waals surface area contributed by atoms with Crippen molar-refractivity contribution < 1.29 is 22.3 Å². The summed E-state index contributed by atoms with van der Waals surface area (Å²) in [6, 6.07) is 9.63. The van der Waals surface area contributed by atoms with E-state index in [9.17, 15) is 17.6 Å². The van der Waals surface area contributed by atoms with Crippen molar-refractivity contribution >= 4 is 11.8 Å². The fraction of sp³-hybridized carbons (Fsp3) is 0.250. The van der Waals surface area contributed by atoms with Gasteiger partial charge in [0.15, 0.2) is 0 Å². The second-order valence-electron chi connectivity index (χ2n) is 6.63. The predicted molar refractivity (Wildman–Crippen MR) is 102 cm³/mol. The van der Waals surface area contributed by atoms with Crippen LogP contribution in [-0.2, 0) is 6.18 Å². The Morgan fingerprint density at radius 2 is 1.53 bits per heavy atom. The van der Waals surface area contributed by atoms with Crippen molar-refractivity contribution in [1.82, 2.24) is 15.0 Å². The number of alkyl halides is 3. The first-order valence-corrected chi connectivity index (χ1v) is 9.18. The van der Waals surface area contributed by atoms with Gasteiger partial charge in [0.25, 0.3) is 0 Å². The van der Waals surface area contributed by atoms with Gasteiger partial charge in [0, 0.05) is 44.6 Å². The number of ether oxygens (including phenoxy) is 1. The lowest BCUT2D eigenvalue weighted by atomic mass is 10.2. The molecule has 0 saturated carbocycles. The van der Waals surface area contributed by atoms with Crippen LogP contribution >= 0.6 is 0 Å². The molecule has 1 saturated heterocycles. The van der Waals surface area contributed by atoms with Gasteiger partial charge in [-0.1, -0.05) is 0 Å². The van der Waals surface area contributed by atoms with Gasteiger partial charge in [0.05, 0.1) is 5.56 Å². The Bertz CT molecular complexity index is 987. The number of hydrogen-bond acceptors (Lipinski definition) is 6. The molecule has 0 radical (unpaired) electrons. The van der Waals surface area contributed by atoms with E-state index in [1.54, 1.807) is 12.3 Å². The molecule has 4 rings (SSSR count). The van der Waals surface area contributed by atoms with E-state index in [0.717, 1.165) is 12.3 Å². The third-order valence-electron chi connectivity index (χ3n) is 4.62. The molecule has 3 heterocycles. The summed E-state index contributed by atoms with van der Waals surface area (Å²) in [5.74, 6) is 1.41. The Morgan fingerprint density at radius 1 is 0.833 bits per heavy atom. The largest absolute Gasteiger partial charge is 0.439 e. The van der Waals surface area contributed by atoms with E-state index in [0.29, 0.717) is 49.6 Å². The smallest absolute Gasteiger partial charge is 0.417 e. The van der Waals surface area contributed by atoms with E-state index in [2.05, 4.69) is 15.0 Å². The molecular weight excluding hydrogens is 402 g/mol. The van der Waals surface area contributed by atoms with E-state index < -0.39 is 11.7 Å². The van der Waals surface area contributed by atoms with Crippen LogP contribution in [0.3, 0.4) is 0 Å². The van der Waals surface area contributed by atoms with E-state index in [-0.39, 0.29) is 5.82 Å². The molecule has 0 N–H and O–H groups in total. The minimum Gasteiger partial charge on any atom is -0.439 e. The number of piperazine rings is 1. The van der Waals surface area contributed by atoms with Crippen LogP contribution in [0.2, 0.25) is 0 Å². The van der Waals surface area contributed by atoms with Crippen LogP contribution in [0, 0.1) is 5.82 Å². The topological polar surface area (TPSA) is 54.4 Å². The highest BCUT2D eigenvalue weighted by Crippen LogP contribution is 2.29. The Kier molecular flexibility index (Phi) is 5.39. The van der Waals surface area contributed by atoms with Gasteiger partial charge >= 0.3 is 6.18 Å². The Hall–Kier alpha value is -3.43. The van der Waals surface area contributed by atoms with E-state index in [1.165, 1.54) is 30.3 Å². The van der Waals surface area contributed by atoms with Gasteiger partial charge in [-0.2, -0.15) is 18.2 Å². The zero-order valence-electron chi connectivity index (χ0n) is 15.7. The van der Waals surface area contributed by atoms with Crippen molar-refractivity contribution in [2.24, 2.45) is 0 Å². The van der Waals surface area contributed by atoms with Crippen LogP contribution in [0.1, 0.15) is 5.56 Å². The standard InChI is InChI=1S/C20H17F4N5O/c21-15-2-4-16(5-3-15)30-18-7-8-25-19(27-18)29-11-9-28(10-12-29)17-6-1-14(13-26-17)20(22,23)24/h1-8,13H,9-12H2. The second kappa shape index (κ2) is 8.13. The molecule has 156 valence electrons. The van der Waals surface area contributed by atoms with Crippen molar-refractivity contribution in [1.29, 1.82) is 0 Å². The lowest BCUT2D eigenvalue weighted by molar-refractivity contribution is -0.137. The van der Waals surface area contributed by atoms with E-state index >= 15 is 0 Å². The number of rotatable bonds is 4. The highest BCUT2D eigenvalue weighted by atomic mass is 19.4. The summed E-state index contributed by atoms with van der Waals surface area (Å²) in [7, 11) is 0. The molecule has 0 aliphatic carbocycles. The number of benzene rings is 1. The molecule has 1 fully saturated rings. The van der Waals surface area contributed by atoms with Gasteiger partial charge in [-0.25, -0.2) is 14.4 Å². The molecular formula is C20H17F4N5O. The highest BCUT2D eigenvalue weighted by Gasteiger charge is 2.31. The monoisotopic (exact) mass is 419 g/mol. The van der Waals surface area contributed by atoms with Crippen molar-refractivity contribution in [3.63, 3.8) is 0 Å². The fourth-order valence-electron chi connectivity index (χ4n) is 3.04. The van der Waals surface area contributed by atoms with Crippen molar-refractivity contribution in [3.05, 3.63) is 66.2 Å². The lowest BCUT2D eigenvalue weighted by Crippen LogP contribution is -2.47. The van der Waals surface area contributed by atoms with E-state index in [4.69, 9.17) is 4.74 Å². The Balaban J connectivity index is 1.38. The molecule has 10 heteroatoms. The first-order chi connectivity index (χ1) is 14.4. The van der Waals surface area contributed by atoms with Crippen molar-refractivity contribution in [3.8, 4) is 11.6 Å². The lowest BCUT2D eigenvalue weighted by Gasteiger charge is -2.35. The minimum atomic E-state index is -4.40. The van der Waals surface area contributed by atoms with Crippen LogP contribution < -0.4 is 14.5 Å². The maximum atomic E-state index is 13.0. The molecule has 0 spiro atoms. The van der Waals surface area contributed by atoms with Crippen LogP contribution in [0.25, 0.3) is 0 Å². The van der Waals surface area contributed by atoms with Gasteiger partial charge < -0.3 is 14.5 Å². The highest BCUT2D eigenvalue weighted by molar-refractivity contribution is 5.43. The van der Waals surface area contributed by atoms with Crippen molar-refractivity contribution in [2.75, 3.05) is 36.0 Å². The summed E-state index contributed by atoms with van der Waals surface area (Å²) in [5, 5.41) is 0. The quantitative estimate of drug-likeness (QED) is 0.593. The number of nitrogens with zero attached hydrogens (tertiary/aromatic N) is 5. The van der Waals surface area contributed by atoms with Crippen LogP contribution in [-0.4, -0.2) is 41.1 Å². The molecule has 0 unspecified atom stereocenters. The number of aromatic nitrogens is 3. The molecule has 3 aromatic rings. The van der Waals surface area contributed by atoms with Gasteiger partial charge in [0.1, 0.15) is 17.4 Å². The van der Waals surface area contributed by atoms with Crippen LogP contribution in [0.15, 0.2) is 54.9 Å². The molecule has 1 aliphatic rings. The summed E-state index contributed by atoms with van der Waals surface area (Å²) in [6.45, 7) is 2.26. The summed E-state index contributed by atoms with van der Waals surface area (Å²) in [5.41, 5.74) is -0.767.